The molecule has 0 spiro atoms. The number of fused-ring (bicyclic) bond motifs is 3. The Hall–Kier alpha value is -1.26. The molecular formula is C14H19NO3. The zero-order valence-corrected chi connectivity index (χ0v) is 10.6. The second-order valence-corrected chi connectivity index (χ2v) is 5.05. The molecule has 2 aliphatic rings. The quantitative estimate of drug-likeness (QED) is 0.821. The molecule has 1 aromatic carbocycles. The molecule has 18 heavy (non-hydrogen) atoms. The molecule has 3 atom stereocenters. The van der Waals surface area contributed by atoms with E-state index >= 15 is 0 Å². The Morgan fingerprint density at radius 1 is 1.44 bits per heavy atom. The van der Waals surface area contributed by atoms with Crippen LogP contribution >= 0.6 is 0 Å². The first-order chi connectivity index (χ1) is 8.85. The normalized spacial score (nSPS) is 30.0. The molecule has 0 aromatic heterocycles. The van der Waals surface area contributed by atoms with Crippen LogP contribution in [0.4, 0.5) is 0 Å². The van der Waals surface area contributed by atoms with Crippen LogP contribution in [0.2, 0.25) is 0 Å². The molecule has 4 heteroatoms. The molecule has 0 aliphatic carbocycles. The smallest absolute Gasteiger partial charge is 0.126 e. The number of aliphatic hydroxyl groups excluding tert-OH is 1. The maximum atomic E-state index is 9.48. The molecule has 2 aliphatic heterocycles. The highest BCUT2D eigenvalue weighted by Crippen LogP contribution is 2.45. The van der Waals surface area contributed by atoms with Crippen LogP contribution in [-0.2, 0) is 0 Å². The summed E-state index contributed by atoms with van der Waals surface area (Å²) in [6.07, 6.45) is 0. The van der Waals surface area contributed by atoms with Gasteiger partial charge in [0.05, 0.1) is 13.7 Å². The Bertz CT molecular complexity index is 421. The van der Waals surface area contributed by atoms with Crippen molar-refractivity contribution in [1.29, 1.82) is 0 Å². The topological polar surface area (TPSA) is 50.7 Å². The molecule has 4 nitrogen and oxygen atoms in total. The highest BCUT2D eigenvalue weighted by atomic mass is 16.5. The third-order valence-corrected chi connectivity index (χ3v) is 4.18. The summed E-state index contributed by atoms with van der Waals surface area (Å²) in [5.74, 6) is 2.83. The predicted octanol–water partition coefficient (Wildman–Crippen LogP) is 0.999. The van der Waals surface area contributed by atoms with E-state index in [-0.39, 0.29) is 12.5 Å². The van der Waals surface area contributed by atoms with E-state index in [9.17, 15) is 5.11 Å². The fourth-order valence-electron chi connectivity index (χ4n) is 3.20. The van der Waals surface area contributed by atoms with Crippen LogP contribution in [0.5, 0.6) is 11.5 Å². The van der Waals surface area contributed by atoms with Gasteiger partial charge in [0.25, 0.3) is 0 Å². The zero-order valence-electron chi connectivity index (χ0n) is 10.6. The highest BCUT2D eigenvalue weighted by Gasteiger charge is 2.40. The summed E-state index contributed by atoms with van der Waals surface area (Å²) in [7, 11) is 1.69. The van der Waals surface area contributed by atoms with Crippen molar-refractivity contribution in [2.45, 2.75) is 5.92 Å². The van der Waals surface area contributed by atoms with Gasteiger partial charge in [0.1, 0.15) is 11.5 Å². The molecule has 2 heterocycles. The standard InChI is InChI=1S/C14H19NO3/c1-17-12-3-2-4-13-14(12)10-6-15-5-9(7-16)11(10)8-18-13/h2-4,9-11,15-16H,5-8H2,1H3/t9-,10-,11-/m1/s1. The molecule has 0 unspecified atom stereocenters. The van der Waals surface area contributed by atoms with Crippen molar-refractivity contribution in [3.63, 3.8) is 0 Å². The van der Waals surface area contributed by atoms with E-state index in [1.807, 2.05) is 18.2 Å². The maximum Gasteiger partial charge on any atom is 0.126 e. The summed E-state index contributed by atoms with van der Waals surface area (Å²) in [5.41, 5.74) is 1.15. The second kappa shape index (κ2) is 4.78. The third kappa shape index (κ3) is 1.76. The Balaban J connectivity index is 2.01. The number of hydrogen-bond acceptors (Lipinski definition) is 4. The molecule has 0 bridgehead atoms. The molecule has 0 radical (unpaired) electrons. The van der Waals surface area contributed by atoms with E-state index < -0.39 is 0 Å². The minimum Gasteiger partial charge on any atom is -0.496 e. The number of benzene rings is 1. The van der Waals surface area contributed by atoms with Crippen LogP contribution < -0.4 is 14.8 Å². The van der Waals surface area contributed by atoms with Crippen LogP contribution in [-0.4, -0.2) is 38.5 Å². The first kappa shape index (κ1) is 11.8. The van der Waals surface area contributed by atoms with Crippen LogP contribution in [0.1, 0.15) is 11.5 Å². The maximum absolute atomic E-state index is 9.48. The molecule has 1 saturated heterocycles. The summed E-state index contributed by atoms with van der Waals surface area (Å²) in [6, 6.07) is 5.93. The number of rotatable bonds is 2. The fraction of sp³-hybridized carbons (Fsp3) is 0.571. The lowest BCUT2D eigenvalue weighted by atomic mass is 9.74. The largest absolute Gasteiger partial charge is 0.496 e. The minimum absolute atomic E-state index is 0.210. The number of piperidine rings is 1. The molecule has 2 N–H and O–H groups in total. The predicted molar refractivity (Wildman–Crippen MR) is 68.2 cm³/mol. The first-order valence-electron chi connectivity index (χ1n) is 6.46. The summed E-state index contributed by atoms with van der Waals surface area (Å²) >= 11 is 0. The van der Waals surface area contributed by atoms with Gasteiger partial charge in [0.2, 0.25) is 0 Å². The van der Waals surface area contributed by atoms with Crippen LogP contribution in [0.3, 0.4) is 0 Å². The number of methoxy groups -OCH3 is 1. The summed E-state index contributed by atoms with van der Waals surface area (Å²) < 4.78 is 11.3. The van der Waals surface area contributed by atoms with Crippen molar-refractivity contribution >= 4 is 0 Å². The molecule has 1 aromatic rings. The van der Waals surface area contributed by atoms with Crippen LogP contribution in [0, 0.1) is 11.8 Å². The van der Waals surface area contributed by atoms with E-state index in [0.717, 1.165) is 30.2 Å². The van der Waals surface area contributed by atoms with Crippen molar-refractivity contribution in [2.24, 2.45) is 11.8 Å². The summed E-state index contributed by atoms with van der Waals surface area (Å²) in [4.78, 5) is 0. The van der Waals surface area contributed by atoms with Crippen molar-refractivity contribution < 1.29 is 14.6 Å². The van der Waals surface area contributed by atoms with Crippen molar-refractivity contribution in [2.75, 3.05) is 33.4 Å². The van der Waals surface area contributed by atoms with E-state index in [1.54, 1.807) is 7.11 Å². The Kier molecular flexibility index (Phi) is 3.14. The van der Waals surface area contributed by atoms with Gasteiger partial charge in [-0.05, 0) is 12.1 Å². The average Bonchev–Trinajstić information content (AvgIpc) is 2.45. The van der Waals surface area contributed by atoms with Crippen LogP contribution in [0.15, 0.2) is 18.2 Å². The van der Waals surface area contributed by atoms with Gasteiger partial charge in [-0.25, -0.2) is 0 Å². The highest BCUT2D eigenvalue weighted by molar-refractivity contribution is 5.49. The van der Waals surface area contributed by atoms with Gasteiger partial charge in [-0.1, -0.05) is 6.07 Å². The van der Waals surface area contributed by atoms with Crippen molar-refractivity contribution in [3.05, 3.63) is 23.8 Å². The Labute approximate surface area is 107 Å². The lowest BCUT2D eigenvalue weighted by molar-refractivity contribution is 0.0727. The third-order valence-electron chi connectivity index (χ3n) is 4.18. The monoisotopic (exact) mass is 249 g/mol. The lowest BCUT2D eigenvalue weighted by Crippen LogP contribution is -2.47. The first-order valence-corrected chi connectivity index (χ1v) is 6.46. The van der Waals surface area contributed by atoms with E-state index in [1.165, 1.54) is 0 Å². The molecular weight excluding hydrogens is 230 g/mol. The minimum atomic E-state index is 0.210. The molecule has 3 rings (SSSR count). The molecule has 0 amide bonds. The van der Waals surface area contributed by atoms with Gasteiger partial charge < -0.3 is 19.9 Å². The molecule has 98 valence electrons. The van der Waals surface area contributed by atoms with Gasteiger partial charge in [0, 0.05) is 43.0 Å². The van der Waals surface area contributed by atoms with Crippen molar-refractivity contribution in [3.8, 4) is 11.5 Å². The Morgan fingerprint density at radius 3 is 3.11 bits per heavy atom. The number of hydrogen-bond donors (Lipinski definition) is 2. The number of ether oxygens (including phenoxy) is 2. The van der Waals surface area contributed by atoms with Crippen molar-refractivity contribution in [1.82, 2.24) is 5.32 Å². The fourth-order valence-corrected chi connectivity index (χ4v) is 3.20. The Morgan fingerprint density at radius 2 is 2.33 bits per heavy atom. The van der Waals surface area contributed by atoms with Gasteiger partial charge in [-0.15, -0.1) is 0 Å². The number of aliphatic hydroxyl groups is 1. The van der Waals surface area contributed by atoms with E-state index in [2.05, 4.69) is 5.32 Å². The van der Waals surface area contributed by atoms with Gasteiger partial charge in [0.15, 0.2) is 0 Å². The SMILES string of the molecule is COc1cccc2c1[C@@H]1CNC[C@H](CO)[C@H]1CO2. The van der Waals surface area contributed by atoms with Gasteiger partial charge in [-0.3, -0.25) is 0 Å². The molecule has 0 saturated carbocycles. The average molecular weight is 249 g/mol. The van der Waals surface area contributed by atoms with E-state index in [4.69, 9.17) is 9.47 Å². The van der Waals surface area contributed by atoms with E-state index in [0.29, 0.717) is 18.4 Å². The van der Waals surface area contributed by atoms with Gasteiger partial charge >= 0.3 is 0 Å². The number of nitrogens with one attached hydrogen (secondary N) is 1. The zero-order chi connectivity index (χ0) is 12.5. The van der Waals surface area contributed by atoms with Gasteiger partial charge in [-0.2, -0.15) is 0 Å². The lowest BCUT2D eigenvalue weighted by Gasteiger charge is -2.42. The second-order valence-electron chi connectivity index (χ2n) is 5.05. The summed E-state index contributed by atoms with van der Waals surface area (Å²) in [5, 5.41) is 12.9. The van der Waals surface area contributed by atoms with Crippen LogP contribution in [0.25, 0.3) is 0 Å². The molecule has 1 fully saturated rings. The summed E-state index contributed by atoms with van der Waals surface area (Å²) in [6.45, 7) is 2.70.